The number of nitrogens with two attached hydrogens (primary N) is 1. The Morgan fingerprint density at radius 1 is 1.17 bits per heavy atom. The highest BCUT2D eigenvalue weighted by Gasteiger charge is 2.36. The summed E-state index contributed by atoms with van der Waals surface area (Å²) in [6, 6.07) is 6.34. The van der Waals surface area contributed by atoms with Gasteiger partial charge in [-0.1, -0.05) is 18.9 Å². The Labute approximate surface area is 144 Å². The van der Waals surface area contributed by atoms with Crippen LogP contribution in [0.1, 0.15) is 52.0 Å². The fourth-order valence-electron chi connectivity index (χ4n) is 3.62. The van der Waals surface area contributed by atoms with E-state index in [0.717, 1.165) is 24.3 Å². The molecule has 5 heteroatoms. The monoisotopic (exact) mass is 331 g/mol. The van der Waals surface area contributed by atoms with Gasteiger partial charge in [-0.15, -0.1) is 0 Å². The van der Waals surface area contributed by atoms with Crippen molar-refractivity contribution in [2.75, 3.05) is 19.8 Å². The third-order valence-corrected chi connectivity index (χ3v) is 4.77. The van der Waals surface area contributed by atoms with E-state index >= 15 is 0 Å². The summed E-state index contributed by atoms with van der Waals surface area (Å²) in [5.74, 6) is 2.22. The Bertz CT molecular complexity index is 614. The Kier molecular flexibility index (Phi) is 4.61. The number of ether oxygens (including phenoxy) is 2. The lowest BCUT2D eigenvalue weighted by atomic mass is 9.79. The van der Waals surface area contributed by atoms with Crippen molar-refractivity contribution in [1.29, 1.82) is 0 Å². The van der Waals surface area contributed by atoms with Gasteiger partial charge in [-0.25, -0.2) is 0 Å². The van der Waals surface area contributed by atoms with E-state index in [-0.39, 0.29) is 11.0 Å². The maximum atomic E-state index is 6.08. The molecule has 1 aromatic rings. The van der Waals surface area contributed by atoms with Gasteiger partial charge in [0.25, 0.3) is 0 Å². The zero-order chi connectivity index (χ0) is 17.2. The Morgan fingerprint density at radius 2 is 1.83 bits per heavy atom. The number of hydrogen-bond donors (Lipinski definition) is 2. The highest BCUT2D eigenvalue weighted by atomic mass is 16.6. The number of guanidine groups is 1. The average Bonchev–Trinajstić information content (AvgIpc) is 3.01. The number of aliphatic imine (C=N–C) groups is 1. The molecule has 2 aliphatic rings. The number of benzene rings is 1. The van der Waals surface area contributed by atoms with Crippen LogP contribution < -0.4 is 20.5 Å². The normalized spacial score (nSPS) is 20.0. The van der Waals surface area contributed by atoms with Crippen molar-refractivity contribution >= 4 is 5.96 Å². The van der Waals surface area contributed by atoms with E-state index in [1.54, 1.807) is 0 Å². The van der Waals surface area contributed by atoms with Crippen LogP contribution in [0.4, 0.5) is 0 Å². The van der Waals surface area contributed by atoms with E-state index in [0.29, 0.717) is 25.7 Å². The molecule has 5 nitrogen and oxygen atoms in total. The molecule has 0 aromatic heterocycles. The van der Waals surface area contributed by atoms with Crippen LogP contribution in [0.2, 0.25) is 0 Å². The summed E-state index contributed by atoms with van der Waals surface area (Å²) >= 11 is 0. The van der Waals surface area contributed by atoms with Gasteiger partial charge in [0.15, 0.2) is 17.5 Å². The molecule has 1 aromatic carbocycles. The first-order valence-corrected chi connectivity index (χ1v) is 8.86. The first-order valence-electron chi connectivity index (χ1n) is 8.86. The molecule has 1 saturated carbocycles. The van der Waals surface area contributed by atoms with Crippen LogP contribution in [0.15, 0.2) is 23.2 Å². The predicted molar refractivity (Wildman–Crippen MR) is 97.0 cm³/mol. The van der Waals surface area contributed by atoms with Crippen molar-refractivity contribution in [2.24, 2.45) is 10.7 Å². The van der Waals surface area contributed by atoms with Crippen LogP contribution in [0.3, 0.4) is 0 Å². The molecule has 132 valence electrons. The lowest BCUT2D eigenvalue weighted by molar-refractivity contribution is 0.171. The molecule has 24 heavy (non-hydrogen) atoms. The van der Waals surface area contributed by atoms with E-state index < -0.39 is 0 Å². The van der Waals surface area contributed by atoms with Crippen LogP contribution in [-0.4, -0.2) is 31.3 Å². The summed E-state index contributed by atoms with van der Waals surface area (Å²) in [6.45, 7) is 8.20. The number of rotatable bonds is 3. The predicted octanol–water partition coefficient (Wildman–Crippen LogP) is 2.97. The quantitative estimate of drug-likeness (QED) is 0.660. The van der Waals surface area contributed by atoms with Crippen molar-refractivity contribution in [2.45, 2.75) is 57.4 Å². The fourth-order valence-corrected chi connectivity index (χ4v) is 3.62. The Morgan fingerprint density at radius 3 is 2.50 bits per heavy atom. The molecule has 1 aliphatic carbocycles. The summed E-state index contributed by atoms with van der Waals surface area (Å²) in [7, 11) is 0. The highest BCUT2D eigenvalue weighted by molar-refractivity contribution is 5.78. The second kappa shape index (κ2) is 6.54. The molecule has 0 unspecified atom stereocenters. The van der Waals surface area contributed by atoms with E-state index in [2.05, 4.69) is 43.2 Å². The third-order valence-electron chi connectivity index (χ3n) is 4.77. The van der Waals surface area contributed by atoms with E-state index in [1.807, 2.05) is 6.07 Å². The summed E-state index contributed by atoms with van der Waals surface area (Å²) in [5, 5.41) is 3.24. The van der Waals surface area contributed by atoms with Crippen molar-refractivity contribution in [1.82, 2.24) is 5.32 Å². The average molecular weight is 331 g/mol. The fraction of sp³-hybridized carbons (Fsp3) is 0.632. The molecule has 3 rings (SSSR count). The van der Waals surface area contributed by atoms with Gasteiger partial charge in [-0.2, -0.15) is 0 Å². The molecule has 0 saturated heterocycles. The number of nitrogens with zero attached hydrogens (tertiary/aromatic N) is 1. The van der Waals surface area contributed by atoms with E-state index in [1.165, 1.54) is 18.4 Å². The zero-order valence-corrected chi connectivity index (χ0v) is 15.0. The van der Waals surface area contributed by atoms with Gasteiger partial charge in [-0.05, 0) is 51.3 Å². The molecule has 1 heterocycles. The number of fused-ring (bicyclic) bond motifs is 1. The molecule has 0 atom stereocenters. The van der Waals surface area contributed by atoms with Crippen LogP contribution in [0.25, 0.3) is 0 Å². The van der Waals surface area contributed by atoms with Gasteiger partial charge in [0.1, 0.15) is 13.2 Å². The topological polar surface area (TPSA) is 68.9 Å². The van der Waals surface area contributed by atoms with Crippen molar-refractivity contribution < 1.29 is 9.47 Å². The lowest BCUT2D eigenvalue weighted by Crippen LogP contribution is -2.45. The van der Waals surface area contributed by atoms with Gasteiger partial charge in [0, 0.05) is 11.0 Å². The second-order valence-corrected chi connectivity index (χ2v) is 7.92. The van der Waals surface area contributed by atoms with Gasteiger partial charge in [0.05, 0.1) is 6.54 Å². The molecular formula is C19H29N3O2. The molecule has 0 spiro atoms. The lowest BCUT2D eigenvalue weighted by Gasteiger charge is -2.30. The minimum absolute atomic E-state index is 0.0556. The summed E-state index contributed by atoms with van der Waals surface area (Å²) < 4.78 is 11.4. The van der Waals surface area contributed by atoms with Crippen LogP contribution in [-0.2, 0) is 5.41 Å². The Hall–Kier alpha value is -1.91. The van der Waals surface area contributed by atoms with Crippen molar-refractivity contribution in [3.63, 3.8) is 0 Å². The number of hydrogen-bond acceptors (Lipinski definition) is 3. The molecule has 3 N–H and O–H groups in total. The number of nitrogens with one attached hydrogen (secondary N) is 1. The summed E-state index contributed by atoms with van der Waals surface area (Å²) in [5.41, 5.74) is 7.35. The minimum atomic E-state index is -0.0760. The van der Waals surface area contributed by atoms with Crippen LogP contribution in [0.5, 0.6) is 11.5 Å². The first-order chi connectivity index (χ1) is 11.4. The standard InChI is InChI=1S/C19H29N3O2/c1-18(2,3)22-17(20)21-13-19(8-4-5-9-19)14-6-7-15-16(12-14)24-11-10-23-15/h6-7,12H,4-5,8-11,13H2,1-3H3,(H3,20,21,22). The Balaban J connectivity index is 1.82. The largest absolute Gasteiger partial charge is 0.486 e. The maximum absolute atomic E-state index is 6.08. The molecule has 0 radical (unpaired) electrons. The van der Waals surface area contributed by atoms with Crippen molar-refractivity contribution in [3.8, 4) is 11.5 Å². The van der Waals surface area contributed by atoms with E-state index in [9.17, 15) is 0 Å². The van der Waals surface area contributed by atoms with Gasteiger partial charge in [0.2, 0.25) is 0 Å². The zero-order valence-electron chi connectivity index (χ0n) is 15.0. The van der Waals surface area contributed by atoms with Gasteiger partial charge >= 0.3 is 0 Å². The molecule has 1 aliphatic heterocycles. The van der Waals surface area contributed by atoms with Crippen LogP contribution in [0, 0.1) is 0 Å². The van der Waals surface area contributed by atoms with Gasteiger partial charge in [-0.3, -0.25) is 4.99 Å². The highest BCUT2D eigenvalue weighted by Crippen LogP contribution is 2.44. The van der Waals surface area contributed by atoms with E-state index in [4.69, 9.17) is 15.2 Å². The molecule has 1 fully saturated rings. The smallest absolute Gasteiger partial charge is 0.189 e. The SMILES string of the molecule is CC(C)(C)NC(N)=NCC1(c2ccc3c(c2)OCCO3)CCCC1. The summed E-state index contributed by atoms with van der Waals surface area (Å²) in [4.78, 5) is 4.66. The van der Waals surface area contributed by atoms with Crippen LogP contribution >= 0.6 is 0 Å². The maximum Gasteiger partial charge on any atom is 0.189 e. The van der Waals surface area contributed by atoms with Gasteiger partial charge < -0.3 is 20.5 Å². The second-order valence-electron chi connectivity index (χ2n) is 7.92. The summed E-state index contributed by atoms with van der Waals surface area (Å²) in [6.07, 6.45) is 4.74. The molecule has 0 amide bonds. The molecular weight excluding hydrogens is 302 g/mol. The molecule has 0 bridgehead atoms. The van der Waals surface area contributed by atoms with Crippen molar-refractivity contribution in [3.05, 3.63) is 23.8 Å². The third kappa shape index (κ3) is 3.77. The minimum Gasteiger partial charge on any atom is -0.486 e. The first kappa shape index (κ1) is 16.9.